The first kappa shape index (κ1) is 9.21. The molecular weight excluding hydrogens is 192 g/mol. The van der Waals surface area contributed by atoms with Crippen LogP contribution in [0.5, 0.6) is 0 Å². The second-order valence-electron chi connectivity index (χ2n) is 2.90. The molecule has 0 atom stereocenters. The van der Waals surface area contributed by atoms with Gasteiger partial charge in [0.2, 0.25) is 0 Å². The molecule has 14 heavy (non-hydrogen) atoms. The molecule has 0 aliphatic heterocycles. The zero-order valence-electron chi connectivity index (χ0n) is 7.84. The van der Waals surface area contributed by atoms with Crippen LogP contribution in [0.25, 0.3) is 0 Å². The van der Waals surface area contributed by atoms with E-state index in [0.717, 1.165) is 5.16 Å². The van der Waals surface area contributed by atoms with E-state index in [1.54, 1.807) is 24.2 Å². The van der Waals surface area contributed by atoms with Gasteiger partial charge in [-0.3, -0.25) is 0 Å². The topological polar surface area (TPSA) is 25.8 Å². The normalized spacial score (nSPS) is 10.1. The van der Waals surface area contributed by atoms with Crippen LogP contribution in [0.2, 0.25) is 0 Å². The van der Waals surface area contributed by atoms with Gasteiger partial charge in [-0.15, -0.1) is 0 Å². The van der Waals surface area contributed by atoms with Gasteiger partial charge in [0.05, 0.1) is 0 Å². The summed E-state index contributed by atoms with van der Waals surface area (Å²) in [6, 6.07) is 10.0. The average molecular weight is 202 g/mol. The molecule has 0 amide bonds. The van der Waals surface area contributed by atoms with Crippen molar-refractivity contribution in [3.05, 3.63) is 48.3 Å². The molecule has 0 aliphatic carbocycles. The van der Waals surface area contributed by atoms with Gasteiger partial charge in [0, 0.05) is 17.3 Å². The summed E-state index contributed by atoms with van der Waals surface area (Å²) in [5, 5.41) is 0.793. The summed E-state index contributed by atoms with van der Waals surface area (Å²) in [5.74, 6) is 0. The second-order valence-corrected chi connectivity index (χ2v) is 3.91. The fraction of sp³-hybridized carbons (Fsp3) is 0.0909. The average Bonchev–Trinajstić information content (AvgIpc) is 2.23. The third kappa shape index (κ3) is 2.12. The number of aryl methyl sites for hydroxylation is 1. The largest absolute Gasteiger partial charge is 0.231 e. The number of hydrogen-bond donors (Lipinski definition) is 0. The second kappa shape index (κ2) is 4.24. The molecule has 1 heterocycles. The highest BCUT2D eigenvalue weighted by atomic mass is 32.2. The van der Waals surface area contributed by atoms with E-state index in [-0.39, 0.29) is 0 Å². The number of rotatable bonds is 2. The number of hydrogen-bond acceptors (Lipinski definition) is 3. The van der Waals surface area contributed by atoms with E-state index in [4.69, 9.17) is 0 Å². The SMILES string of the molecule is Cc1ccccc1Sc1ncccn1. The molecule has 1 aromatic carbocycles. The maximum absolute atomic E-state index is 4.17. The van der Waals surface area contributed by atoms with Crippen molar-refractivity contribution >= 4 is 11.8 Å². The molecule has 0 saturated heterocycles. The van der Waals surface area contributed by atoms with Gasteiger partial charge in [-0.1, -0.05) is 18.2 Å². The standard InChI is InChI=1S/C11H10N2S/c1-9-5-2-3-6-10(9)14-11-12-7-4-8-13-11/h2-8H,1H3. The van der Waals surface area contributed by atoms with Gasteiger partial charge in [0.1, 0.15) is 0 Å². The van der Waals surface area contributed by atoms with Crippen LogP contribution < -0.4 is 0 Å². The summed E-state index contributed by atoms with van der Waals surface area (Å²) in [7, 11) is 0. The van der Waals surface area contributed by atoms with Crippen molar-refractivity contribution in [3.8, 4) is 0 Å². The Kier molecular flexibility index (Phi) is 2.79. The summed E-state index contributed by atoms with van der Waals surface area (Å²) >= 11 is 1.59. The van der Waals surface area contributed by atoms with Crippen LogP contribution in [0.1, 0.15) is 5.56 Å². The van der Waals surface area contributed by atoms with Crippen LogP contribution in [0.15, 0.2) is 52.8 Å². The van der Waals surface area contributed by atoms with Gasteiger partial charge in [-0.25, -0.2) is 9.97 Å². The first-order valence-electron chi connectivity index (χ1n) is 4.37. The Balaban J connectivity index is 2.24. The van der Waals surface area contributed by atoms with Crippen molar-refractivity contribution in [2.24, 2.45) is 0 Å². The molecule has 0 radical (unpaired) electrons. The summed E-state index contributed by atoms with van der Waals surface area (Å²) in [6.45, 7) is 2.09. The van der Waals surface area contributed by atoms with Crippen LogP contribution in [0, 0.1) is 6.92 Å². The summed E-state index contributed by atoms with van der Waals surface area (Å²) in [5.41, 5.74) is 1.25. The predicted octanol–water partition coefficient (Wildman–Crippen LogP) is 2.94. The minimum Gasteiger partial charge on any atom is -0.231 e. The van der Waals surface area contributed by atoms with Gasteiger partial charge in [0.15, 0.2) is 5.16 Å². The lowest BCUT2D eigenvalue weighted by molar-refractivity contribution is 0.966. The van der Waals surface area contributed by atoms with Crippen molar-refractivity contribution in [2.45, 2.75) is 17.0 Å². The molecule has 0 spiro atoms. The molecule has 1 aromatic heterocycles. The zero-order valence-corrected chi connectivity index (χ0v) is 8.66. The van der Waals surface area contributed by atoms with Crippen molar-refractivity contribution in [1.82, 2.24) is 9.97 Å². The van der Waals surface area contributed by atoms with Crippen molar-refractivity contribution < 1.29 is 0 Å². The molecule has 0 unspecified atom stereocenters. The summed E-state index contributed by atoms with van der Waals surface area (Å²) < 4.78 is 0. The van der Waals surface area contributed by atoms with Gasteiger partial charge < -0.3 is 0 Å². The Morgan fingerprint density at radius 1 is 1.00 bits per heavy atom. The maximum atomic E-state index is 4.17. The molecule has 2 aromatic rings. The van der Waals surface area contributed by atoms with Gasteiger partial charge in [0.25, 0.3) is 0 Å². The fourth-order valence-corrected chi connectivity index (χ4v) is 1.91. The molecule has 3 heteroatoms. The molecule has 2 nitrogen and oxygen atoms in total. The van der Waals surface area contributed by atoms with Crippen molar-refractivity contribution in [2.75, 3.05) is 0 Å². The first-order chi connectivity index (χ1) is 6.86. The highest BCUT2D eigenvalue weighted by Crippen LogP contribution is 2.26. The van der Waals surface area contributed by atoms with E-state index < -0.39 is 0 Å². The minimum absolute atomic E-state index is 0.793. The smallest absolute Gasteiger partial charge is 0.192 e. The third-order valence-corrected chi connectivity index (χ3v) is 2.91. The van der Waals surface area contributed by atoms with Gasteiger partial charge in [-0.05, 0) is 36.4 Å². The lowest BCUT2D eigenvalue weighted by Crippen LogP contribution is -1.84. The van der Waals surface area contributed by atoms with E-state index in [9.17, 15) is 0 Å². The molecule has 0 N–H and O–H groups in total. The van der Waals surface area contributed by atoms with E-state index in [1.165, 1.54) is 10.5 Å². The fourth-order valence-electron chi connectivity index (χ4n) is 1.11. The Morgan fingerprint density at radius 2 is 1.71 bits per heavy atom. The highest BCUT2D eigenvalue weighted by molar-refractivity contribution is 7.99. The predicted molar refractivity (Wildman–Crippen MR) is 57.3 cm³/mol. The molecule has 2 rings (SSSR count). The van der Waals surface area contributed by atoms with Crippen molar-refractivity contribution in [1.29, 1.82) is 0 Å². The van der Waals surface area contributed by atoms with E-state index in [0.29, 0.717) is 0 Å². The van der Waals surface area contributed by atoms with E-state index >= 15 is 0 Å². The number of nitrogens with zero attached hydrogens (tertiary/aromatic N) is 2. The summed E-state index contributed by atoms with van der Waals surface area (Å²) in [6.07, 6.45) is 3.52. The number of aromatic nitrogens is 2. The van der Waals surface area contributed by atoms with Crippen LogP contribution >= 0.6 is 11.8 Å². The highest BCUT2D eigenvalue weighted by Gasteiger charge is 2.00. The molecule has 0 fully saturated rings. The maximum Gasteiger partial charge on any atom is 0.192 e. The molecule has 0 bridgehead atoms. The van der Waals surface area contributed by atoms with Crippen LogP contribution in [0.4, 0.5) is 0 Å². The zero-order chi connectivity index (χ0) is 9.80. The van der Waals surface area contributed by atoms with Gasteiger partial charge in [-0.2, -0.15) is 0 Å². The molecule has 70 valence electrons. The Morgan fingerprint density at radius 3 is 2.43 bits per heavy atom. The number of benzene rings is 1. The lowest BCUT2D eigenvalue weighted by atomic mass is 10.2. The van der Waals surface area contributed by atoms with Crippen molar-refractivity contribution in [3.63, 3.8) is 0 Å². The first-order valence-corrected chi connectivity index (χ1v) is 5.18. The quantitative estimate of drug-likeness (QED) is 0.700. The Bertz CT molecular complexity index is 415. The van der Waals surface area contributed by atoms with Crippen LogP contribution in [-0.2, 0) is 0 Å². The minimum atomic E-state index is 0.793. The van der Waals surface area contributed by atoms with E-state index in [1.807, 2.05) is 18.2 Å². The van der Waals surface area contributed by atoms with Crippen LogP contribution in [-0.4, -0.2) is 9.97 Å². The molecular formula is C11H10N2S. The lowest BCUT2D eigenvalue weighted by Gasteiger charge is -2.02. The Labute approximate surface area is 87.4 Å². The Hall–Kier alpha value is -1.35. The molecule has 0 aliphatic rings. The van der Waals surface area contributed by atoms with Gasteiger partial charge >= 0.3 is 0 Å². The molecule has 0 saturated carbocycles. The third-order valence-electron chi connectivity index (χ3n) is 1.84. The van der Waals surface area contributed by atoms with Crippen LogP contribution in [0.3, 0.4) is 0 Å². The summed E-state index contributed by atoms with van der Waals surface area (Å²) in [4.78, 5) is 9.54. The van der Waals surface area contributed by atoms with E-state index in [2.05, 4.69) is 29.0 Å². The monoisotopic (exact) mass is 202 g/mol.